The summed E-state index contributed by atoms with van der Waals surface area (Å²) in [5.74, 6) is 0.953. The number of benzene rings is 3. The van der Waals surface area contributed by atoms with Gasteiger partial charge in [0.05, 0.1) is 0 Å². The van der Waals surface area contributed by atoms with E-state index in [0.717, 1.165) is 31.6 Å². The molecule has 0 spiro atoms. The Hall–Kier alpha value is -3.04. The number of piperidine rings is 1. The van der Waals surface area contributed by atoms with Crippen LogP contribution in [0, 0.1) is 5.92 Å². The zero-order chi connectivity index (χ0) is 21.6. The summed E-state index contributed by atoms with van der Waals surface area (Å²) in [5, 5.41) is 9.81. The zero-order valence-corrected chi connectivity index (χ0v) is 18.3. The molecule has 1 aliphatic heterocycles. The zero-order valence-electron chi connectivity index (χ0n) is 18.3. The molecule has 1 aliphatic rings. The highest BCUT2D eigenvalue weighted by Crippen LogP contribution is 2.36. The summed E-state index contributed by atoms with van der Waals surface area (Å²) in [6.07, 6.45) is 3.27. The van der Waals surface area contributed by atoms with Crippen LogP contribution in [0.15, 0.2) is 78.9 Å². The second-order valence-corrected chi connectivity index (χ2v) is 8.33. The van der Waals surface area contributed by atoms with Crippen molar-refractivity contribution < 1.29 is 5.11 Å². The average Bonchev–Trinajstić information content (AvgIpc) is 2.84. The van der Waals surface area contributed by atoms with Crippen LogP contribution in [0.1, 0.15) is 42.9 Å². The summed E-state index contributed by atoms with van der Waals surface area (Å²) in [7, 11) is 0. The molecule has 1 heterocycles. The highest BCUT2D eigenvalue weighted by atomic mass is 16.3. The third-order valence-electron chi connectivity index (χ3n) is 6.40. The van der Waals surface area contributed by atoms with Crippen LogP contribution in [-0.4, -0.2) is 24.7 Å². The topological polar surface area (TPSA) is 49.5 Å². The van der Waals surface area contributed by atoms with Gasteiger partial charge in [0.1, 0.15) is 5.75 Å². The number of nitrogens with zero attached hydrogens (tertiary/aromatic N) is 1. The summed E-state index contributed by atoms with van der Waals surface area (Å²) < 4.78 is 0. The summed E-state index contributed by atoms with van der Waals surface area (Å²) in [6.45, 7) is 5.16. The Morgan fingerprint density at radius 2 is 1.42 bits per heavy atom. The van der Waals surface area contributed by atoms with Crippen molar-refractivity contribution in [2.45, 2.75) is 26.2 Å². The Balaban J connectivity index is 1.72. The molecule has 0 bridgehead atoms. The second-order valence-electron chi connectivity index (χ2n) is 8.33. The van der Waals surface area contributed by atoms with E-state index in [1.807, 2.05) is 12.1 Å². The van der Waals surface area contributed by atoms with Gasteiger partial charge in [0.25, 0.3) is 0 Å². The van der Waals surface area contributed by atoms with E-state index >= 15 is 0 Å². The van der Waals surface area contributed by atoms with Gasteiger partial charge < -0.3 is 15.7 Å². The second kappa shape index (κ2) is 9.84. The molecule has 0 atom stereocenters. The van der Waals surface area contributed by atoms with Crippen LogP contribution in [0.2, 0.25) is 0 Å². The van der Waals surface area contributed by atoms with Crippen LogP contribution in [-0.2, 0) is 0 Å². The molecule has 31 heavy (non-hydrogen) atoms. The van der Waals surface area contributed by atoms with Crippen molar-refractivity contribution in [1.29, 1.82) is 0 Å². The minimum absolute atomic E-state index is 0.289. The summed E-state index contributed by atoms with van der Waals surface area (Å²) in [4.78, 5) is 2.47. The van der Waals surface area contributed by atoms with E-state index in [-0.39, 0.29) is 5.75 Å². The van der Waals surface area contributed by atoms with Crippen molar-refractivity contribution in [2.24, 2.45) is 11.7 Å². The number of phenols is 1. The molecule has 0 unspecified atom stereocenters. The standard InChI is InChI=1S/C28H32N2O/c1-2-27(22-6-4-3-5-7-22)28(24-10-14-26(31)15-11-24)23-8-12-25(13-9-23)30-18-16-21(20-29)17-19-30/h3-15,21,31H,2,16-20,29H2,1H3/b28-27-. The number of phenolic OH excluding ortho intramolecular Hbond substituents is 1. The van der Waals surface area contributed by atoms with Crippen molar-refractivity contribution in [1.82, 2.24) is 0 Å². The molecule has 0 aromatic heterocycles. The van der Waals surface area contributed by atoms with Gasteiger partial charge in [0.15, 0.2) is 0 Å². The lowest BCUT2D eigenvalue weighted by Crippen LogP contribution is -2.36. The van der Waals surface area contributed by atoms with Crippen LogP contribution < -0.4 is 10.6 Å². The molecule has 3 N–H and O–H groups in total. The van der Waals surface area contributed by atoms with Crippen LogP contribution >= 0.6 is 0 Å². The van der Waals surface area contributed by atoms with Gasteiger partial charge in [-0.3, -0.25) is 0 Å². The Labute approximate surface area is 185 Å². The first-order valence-electron chi connectivity index (χ1n) is 11.3. The maximum Gasteiger partial charge on any atom is 0.115 e. The van der Waals surface area contributed by atoms with Gasteiger partial charge in [-0.25, -0.2) is 0 Å². The van der Waals surface area contributed by atoms with E-state index in [9.17, 15) is 5.11 Å². The third kappa shape index (κ3) is 4.83. The van der Waals surface area contributed by atoms with Gasteiger partial charge >= 0.3 is 0 Å². The Kier molecular flexibility index (Phi) is 6.73. The molecule has 0 radical (unpaired) electrons. The van der Waals surface area contributed by atoms with E-state index in [1.165, 1.54) is 40.8 Å². The molecule has 3 aromatic carbocycles. The van der Waals surface area contributed by atoms with Crippen molar-refractivity contribution >= 4 is 16.8 Å². The lowest BCUT2D eigenvalue weighted by atomic mass is 9.88. The summed E-state index contributed by atoms with van der Waals surface area (Å²) in [6, 6.07) is 27.1. The fourth-order valence-electron chi connectivity index (χ4n) is 4.57. The lowest BCUT2D eigenvalue weighted by molar-refractivity contribution is 0.414. The van der Waals surface area contributed by atoms with Crippen molar-refractivity contribution in [3.05, 3.63) is 95.6 Å². The molecular weight excluding hydrogens is 380 g/mol. The minimum Gasteiger partial charge on any atom is -0.508 e. The molecule has 1 saturated heterocycles. The van der Waals surface area contributed by atoms with Gasteiger partial charge in [0, 0.05) is 18.8 Å². The highest BCUT2D eigenvalue weighted by Gasteiger charge is 2.19. The Bertz CT molecular complexity index is 999. The smallest absolute Gasteiger partial charge is 0.115 e. The molecular formula is C28H32N2O. The number of aromatic hydroxyl groups is 1. The number of hydrogen-bond donors (Lipinski definition) is 2. The van der Waals surface area contributed by atoms with Crippen LogP contribution in [0.5, 0.6) is 5.75 Å². The molecule has 3 heteroatoms. The molecule has 160 valence electrons. The monoisotopic (exact) mass is 412 g/mol. The fraction of sp³-hybridized carbons (Fsp3) is 0.286. The number of allylic oxidation sites excluding steroid dienone is 1. The first kappa shape index (κ1) is 21.2. The Morgan fingerprint density at radius 3 is 1.97 bits per heavy atom. The summed E-state index contributed by atoms with van der Waals surface area (Å²) >= 11 is 0. The quantitative estimate of drug-likeness (QED) is 0.493. The van der Waals surface area contributed by atoms with Gasteiger partial charge in [-0.2, -0.15) is 0 Å². The number of hydrogen-bond acceptors (Lipinski definition) is 3. The van der Waals surface area contributed by atoms with Gasteiger partial charge in [-0.15, -0.1) is 0 Å². The predicted octanol–water partition coefficient (Wildman–Crippen LogP) is 5.94. The minimum atomic E-state index is 0.289. The lowest BCUT2D eigenvalue weighted by Gasteiger charge is -2.33. The molecule has 3 nitrogen and oxygen atoms in total. The number of nitrogens with two attached hydrogens (primary N) is 1. The first-order chi connectivity index (χ1) is 15.2. The van der Waals surface area contributed by atoms with E-state index in [4.69, 9.17) is 5.73 Å². The number of anilines is 1. The van der Waals surface area contributed by atoms with Crippen molar-refractivity contribution in [3.63, 3.8) is 0 Å². The molecule has 1 fully saturated rings. The van der Waals surface area contributed by atoms with E-state index in [2.05, 4.69) is 66.4 Å². The molecule has 0 amide bonds. The van der Waals surface area contributed by atoms with E-state index in [0.29, 0.717) is 5.92 Å². The average molecular weight is 413 g/mol. The van der Waals surface area contributed by atoms with Gasteiger partial charge in [-0.1, -0.05) is 61.5 Å². The maximum absolute atomic E-state index is 9.81. The summed E-state index contributed by atoms with van der Waals surface area (Å²) in [5.41, 5.74) is 13.2. The Morgan fingerprint density at radius 1 is 0.839 bits per heavy atom. The van der Waals surface area contributed by atoms with Crippen molar-refractivity contribution in [2.75, 3.05) is 24.5 Å². The van der Waals surface area contributed by atoms with Crippen LogP contribution in [0.4, 0.5) is 5.69 Å². The maximum atomic E-state index is 9.81. The molecule has 3 aromatic rings. The highest BCUT2D eigenvalue weighted by molar-refractivity contribution is 5.98. The van der Waals surface area contributed by atoms with Crippen LogP contribution in [0.3, 0.4) is 0 Å². The largest absolute Gasteiger partial charge is 0.508 e. The van der Waals surface area contributed by atoms with Gasteiger partial charge in [0.2, 0.25) is 0 Å². The van der Waals surface area contributed by atoms with E-state index in [1.54, 1.807) is 12.1 Å². The van der Waals surface area contributed by atoms with Gasteiger partial charge in [-0.05, 0) is 83.8 Å². The molecule has 0 aliphatic carbocycles. The third-order valence-corrected chi connectivity index (χ3v) is 6.40. The van der Waals surface area contributed by atoms with Crippen molar-refractivity contribution in [3.8, 4) is 5.75 Å². The fourth-order valence-corrected chi connectivity index (χ4v) is 4.57. The molecule has 4 rings (SSSR count). The first-order valence-corrected chi connectivity index (χ1v) is 11.3. The predicted molar refractivity (Wildman–Crippen MR) is 131 cm³/mol. The molecule has 0 saturated carbocycles. The van der Waals surface area contributed by atoms with Crippen LogP contribution in [0.25, 0.3) is 11.1 Å². The SMILES string of the molecule is CC/C(=C(/c1ccc(O)cc1)c1ccc(N2CCC(CN)CC2)cc1)c1ccccc1. The van der Waals surface area contributed by atoms with E-state index < -0.39 is 0 Å². The normalized spacial score (nSPS) is 15.6. The number of rotatable bonds is 6.